The number of benzene rings is 1. The van der Waals surface area contributed by atoms with Gasteiger partial charge in [-0.2, -0.15) is 0 Å². The van der Waals surface area contributed by atoms with E-state index in [1.54, 1.807) is 7.11 Å². The van der Waals surface area contributed by atoms with Crippen LogP contribution in [0, 0.1) is 11.8 Å². The van der Waals surface area contributed by atoms with E-state index in [0.717, 1.165) is 17.6 Å². The molecule has 1 aromatic carbocycles. The Bertz CT molecular complexity index is 364. The normalized spacial score (nSPS) is 25.8. The molecule has 0 aromatic heterocycles. The van der Waals surface area contributed by atoms with Crippen LogP contribution in [0.5, 0.6) is 5.75 Å². The van der Waals surface area contributed by atoms with Crippen molar-refractivity contribution in [1.29, 1.82) is 0 Å². The Morgan fingerprint density at radius 2 is 2.06 bits per heavy atom. The summed E-state index contributed by atoms with van der Waals surface area (Å²) in [5.74, 6) is 2.61. The number of nitrogens with one attached hydrogen (secondary N) is 1. The molecule has 0 bridgehead atoms. The zero-order valence-electron chi connectivity index (χ0n) is 11.1. The van der Waals surface area contributed by atoms with Crippen molar-refractivity contribution in [2.45, 2.75) is 32.2 Å². The Morgan fingerprint density at radius 3 is 2.65 bits per heavy atom. The Labute approximate surface area is 104 Å². The van der Waals surface area contributed by atoms with Gasteiger partial charge in [-0.05, 0) is 37.8 Å². The van der Waals surface area contributed by atoms with Crippen LogP contribution >= 0.6 is 0 Å². The van der Waals surface area contributed by atoms with Crippen LogP contribution in [-0.4, -0.2) is 14.2 Å². The molecule has 3 unspecified atom stereocenters. The Morgan fingerprint density at radius 1 is 1.29 bits per heavy atom. The molecular weight excluding hydrogens is 210 g/mol. The van der Waals surface area contributed by atoms with Crippen molar-refractivity contribution in [3.63, 3.8) is 0 Å². The van der Waals surface area contributed by atoms with Crippen molar-refractivity contribution in [2.75, 3.05) is 14.2 Å². The second-order valence-electron chi connectivity index (χ2n) is 5.19. The summed E-state index contributed by atoms with van der Waals surface area (Å²) < 4.78 is 5.47. The second kappa shape index (κ2) is 5.54. The van der Waals surface area contributed by atoms with Crippen LogP contribution in [0.4, 0.5) is 0 Å². The molecule has 3 atom stereocenters. The molecule has 2 rings (SSSR count). The summed E-state index contributed by atoms with van der Waals surface area (Å²) in [7, 11) is 3.81. The van der Waals surface area contributed by atoms with Crippen LogP contribution < -0.4 is 10.1 Å². The molecule has 1 fully saturated rings. The first kappa shape index (κ1) is 12.4. The Balaban J connectivity index is 2.22. The summed E-state index contributed by atoms with van der Waals surface area (Å²) in [6, 6.07) is 8.80. The van der Waals surface area contributed by atoms with E-state index in [0.29, 0.717) is 6.04 Å². The molecule has 1 aliphatic rings. The fourth-order valence-electron chi connectivity index (χ4n) is 3.12. The van der Waals surface area contributed by atoms with Gasteiger partial charge in [0.2, 0.25) is 0 Å². The molecule has 1 aliphatic carbocycles. The highest BCUT2D eigenvalue weighted by Gasteiger charge is 2.30. The summed E-state index contributed by atoms with van der Waals surface area (Å²) in [5.41, 5.74) is 1.30. The van der Waals surface area contributed by atoms with Gasteiger partial charge < -0.3 is 10.1 Å². The highest BCUT2D eigenvalue weighted by molar-refractivity contribution is 5.36. The largest absolute Gasteiger partial charge is 0.496 e. The standard InChI is InChI=1S/C15H23NO/c1-11-8-9-12(10-11)15(16-2)13-6-4-5-7-14(13)17-3/h4-7,11-12,15-16H,8-10H2,1-3H3. The third-order valence-electron chi connectivity index (χ3n) is 3.99. The summed E-state index contributed by atoms with van der Waals surface area (Å²) in [4.78, 5) is 0. The molecule has 2 nitrogen and oxygen atoms in total. The lowest BCUT2D eigenvalue weighted by atomic mass is 9.90. The van der Waals surface area contributed by atoms with Crippen molar-refractivity contribution in [3.05, 3.63) is 29.8 Å². The van der Waals surface area contributed by atoms with E-state index in [9.17, 15) is 0 Å². The SMILES string of the molecule is CNC(c1ccccc1OC)C1CCC(C)C1. The van der Waals surface area contributed by atoms with Crippen molar-refractivity contribution < 1.29 is 4.74 Å². The number of rotatable bonds is 4. The molecule has 0 spiro atoms. The van der Waals surface area contributed by atoms with Gasteiger partial charge in [0, 0.05) is 11.6 Å². The molecule has 0 amide bonds. The van der Waals surface area contributed by atoms with Crippen molar-refractivity contribution in [1.82, 2.24) is 5.32 Å². The van der Waals surface area contributed by atoms with E-state index in [4.69, 9.17) is 4.74 Å². The van der Waals surface area contributed by atoms with E-state index >= 15 is 0 Å². The minimum absolute atomic E-state index is 0.427. The predicted octanol–water partition coefficient (Wildman–Crippen LogP) is 3.39. The van der Waals surface area contributed by atoms with E-state index in [-0.39, 0.29) is 0 Å². The number of methoxy groups -OCH3 is 1. The summed E-state index contributed by atoms with van der Waals surface area (Å²) in [5, 5.41) is 3.48. The average molecular weight is 233 g/mol. The topological polar surface area (TPSA) is 21.3 Å². The fourth-order valence-corrected chi connectivity index (χ4v) is 3.12. The summed E-state index contributed by atoms with van der Waals surface area (Å²) >= 11 is 0. The Hall–Kier alpha value is -1.02. The number of hydrogen-bond acceptors (Lipinski definition) is 2. The molecular formula is C15H23NO. The third-order valence-corrected chi connectivity index (χ3v) is 3.99. The molecule has 1 aromatic rings. The predicted molar refractivity (Wildman–Crippen MR) is 71.3 cm³/mol. The van der Waals surface area contributed by atoms with Crippen molar-refractivity contribution in [2.24, 2.45) is 11.8 Å². The van der Waals surface area contributed by atoms with E-state index in [1.165, 1.54) is 24.8 Å². The summed E-state index contributed by atoms with van der Waals surface area (Å²) in [6.45, 7) is 2.36. The molecule has 94 valence electrons. The second-order valence-corrected chi connectivity index (χ2v) is 5.19. The van der Waals surface area contributed by atoms with Crippen LogP contribution in [-0.2, 0) is 0 Å². The van der Waals surface area contributed by atoms with Gasteiger partial charge in [0.15, 0.2) is 0 Å². The van der Waals surface area contributed by atoms with Crippen molar-refractivity contribution in [3.8, 4) is 5.75 Å². The maximum atomic E-state index is 5.47. The smallest absolute Gasteiger partial charge is 0.123 e. The lowest BCUT2D eigenvalue weighted by Gasteiger charge is -2.25. The van der Waals surface area contributed by atoms with Crippen LogP contribution in [0.15, 0.2) is 24.3 Å². The van der Waals surface area contributed by atoms with Crippen LogP contribution in [0.25, 0.3) is 0 Å². The lowest BCUT2D eigenvalue weighted by Crippen LogP contribution is -2.24. The van der Waals surface area contributed by atoms with Gasteiger partial charge in [0.05, 0.1) is 7.11 Å². The molecule has 0 aliphatic heterocycles. The maximum Gasteiger partial charge on any atom is 0.123 e. The van der Waals surface area contributed by atoms with E-state index in [1.807, 2.05) is 6.07 Å². The molecule has 0 heterocycles. The van der Waals surface area contributed by atoms with Gasteiger partial charge in [0.1, 0.15) is 5.75 Å². The molecule has 0 saturated heterocycles. The summed E-state index contributed by atoms with van der Waals surface area (Å²) in [6.07, 6.45) is 4.01. The molecule has 2 heteroatoms. The first-order chi connectivity index (χ1) is 8.26. The lowest BCUT2D eigenvalue weighted by molar-refractivity contribution is 0.353. The van der Waals surface area contributed by atoms with Gasteiger partial charge in [-0.1, -0.05) is 31.5 Å². The molecule has 17 heavy (non-hydrogen) atoms. The van der Waals surface area contributed by atoms with Gasteiger partial charge in [-0.3, -0.25) is 0 Å². The molecule has 1 saturated carbocycles. The van der Waals surface area contributed by atoms with Crippen LogP contribution in [0.1, 0.15) is 37.8 Å². The minimum atomic E-state index is 0.427. The van der Waals surface area contributed by atoms with Crippen LogP contribution in [0.3, 0.4) is 0 Å². The first-order valence-corrected chi connectivity index (χ1v) is 6.56. The third kappa shape index (κ3) is 2.63. The Kier molecular flexibility index (Phi) is 4.06. The van der Waals surface area contributed by atoms with Crippen molar-refractivity contribution >= 4 is 0 Å². The zero-order valence-corrected chi connectivity index (χ0v) is 11.1. The zero-order chi connectivity index (χ0) is 12.3. The average Bonchev–Trinajstić information content (AvgIpc) is 2.77. The van der Waals surface area contributed by atoms with E-state index < -0.39 is 0 Å². The monoisotopic (exact) mass is 233 g/mol. The minimum Gasteiger partial charge on any atom is -0.496 e. The highest BCUT2D eigenvalue weighted by Crippen LogP contribution is 2.40. The molecule has 0 radical (unpaired) electrons. The first-order valence-electron chi connectivity index (χ1n) is 6.56. The van der Waals surface area contributed by atoms with E-state index in [2.05, 4.69) is 37.5 Å². The van der Waals surface area contributed by atoms with Crippen LogP contribution in [0.2, 0.25) is 0 Å². The number of ether oxygens (including phenoxy) is 1. The van der Waals surface area contributed by atoms with Gasteiger partial charge in [-0.15, -0.1) is 0 Å². The van der Waals surface area contributed by atoms with Gasteiger partial charge in [-0.25, -0.2) is 0 Å². The van der Waals surface area contributed by atoms with Gasteiger partial charge in [0.25, 0.3) is 0 Å². The highest BCUT2D eigenvalue weighted by atomic mass is 16.5. The quantitative estimate of drug-likeness (QED) is 0.860. The number of hydrogen-bond donors (Lipinski definition) is 1. The number of para-hydroxylation sites is 1. The maximum absolute atomic E-state index is 5.47. The molecule has 1 N–H and O–H groups in total. The fraction of sp³-hybridized carbons (Fsp3) is 0.600. The van der Waals surface area contributed by atoms with Gasteiger partial charge >= 0.3 is 0 Å².